The zero-order chi connectivity index (χ0) is 18.6. The molecule has 0 bridgehead atoms. The van der Waals surface area contributed by atoms with E-state index >= 15 is 0 Å². The quantitative estimate of drug-likeness (QED) is 0.820. The Kier molecular flexibility index (Phi) is 6.05. The molecule has 1 saturated heterocycles. The highest BCUT2D eigenvalue weighted by Gasteiger charge is 2.34. The molecular formula is C17H24N2O5S. The van der Waals surface area contributed by atoms with Gasteiger partial charge in [-0.25, -0.2) is 8.42 Å². The van der Waals surface area contributed by atoms with Crippen LogP contribution in [0.25, 0.3) is 0 Å². The largest absolute Gasteiger partial charge is 0.491 e. The number of carbonyl (C=O) groups excluding carboxylic acids is 2. The molecule has 0 spiro atoms. The number of carbonyl (C=O) groups is 2. The molecule has 1 unspecified atom stereocenters. The summed E-state index contributed by atoms with van der Waals surface area (Å²) in [7, 11) is -3.12. The van der Waals surface area contributed by atoms with E-state index in [2.05, 4.69) is 5.32 Å². The number of benzene rings is 1. The Balaban J connectivity index is 1.96. The summed E-state index contributed by atoms with van der Waals surface area (Å²) in [6, 6.07) is 6.50. The average molecular weight is 368 g/mol. The maximum atomic E-state index is 12.2. The Hall–Kier alpha value is -2.09. The van der Waals surface area contributed by atoms with Crippen LogP contribution in [0.3, 0.4) is 0 Å². The van der Waals surface area contributed by atoms with Crippen LogP contribution in [0.5, 0.6) is 5.75 Å². The van der Waals surface area contributed by atoms with Crippen molar-refractivity contribution in [2.75, 3.05) is 23.4 Å². The smallest absolute Gasteiger partial charge is 0.244 e. The third-order valence-electron chi connectivity index (χ3n) is 3.88. The van der Waals surface area contributed by atoms with Crippen molar-refractivity contribution in [3.8, 4) is 5.75 Å². The second kappa shape index (κ2) is 7.86. The van der Waals surface area contributed by atoms with Crippen molar-refractivity contribution in [1.29, 1.82) is 0 Å². The van der Waals surface area contributed by atoms with Crippen molar-refractivity contribution >= 4 is 27.3 Å². The van der Waals surface area contributed by atoms with Crippen LogP contribution >= 0.6 is 0 Å². The first-order chi connectivity index (χ1) is 11.7. The van der Waals surface area contributed by atoms with Crippen LogP contribution in [0.1, 0.15) is 27.2 Å². The zero-order valence-electron chi connectivity index (χ0n) is 14.7. The van der Waals surface area contributed by atoms with Crippen LogP contribution in [-0.2, 0) is 19.4 Å². The highest BCUT2D eigenvalue weighted by molar-refractivity contribution is 7.91. The standard InChI is InChI=1S/C17H24N2O5S/c1-12(2)24-16-6-4-14(5-7-16)18-17(21)10-19(13(3)20)15-8-9-25(22,23)11-15/h4-7,12,15H,8-11H2,1-3H3,(H,18,21). The van der Waals surface area contributed by atoms with Crippen LogP contribution < -0.4 is 10.1 Å². The van der Waals surface area contributed by atoms with E-state index in [1.165, 1.54) is 11.8 Å². The van der Waals surface area contributed by atoms with E-state index in [9.17, 15) is 18.0 Å². The molecule has 138 valence electrons. The molecule has 25 heavy (non-hydrogen) atoms. The van der Waals surface area contributed by atoms with Gasteiger partial charge in [-0.3, -0.25) is 9.59 Å². The predicted molar refractivity (Wildman–Crippen MR) is 95.3 cm³/mol. The van der Waals surface area contributed by atoms with E-state index < -0.39 is 15.9 Å². The summed E-state index contributed by atoms with van der Waals surface area (Å²) < 4.78 is 28.7. The predicted octanol–water partition coefficient (Wildman–Crippen LogP) is 1.45. The molecule has 2 rings (SSSR count). The van der Waals surface area contributed by atoms with Gasteiger partial charge in [-0.2, -0.15) is 0 Å². The van der Waals surface area contributed by atoms with Gasteiger partial charge in [-0.1, -0.05) is 0 Å². The summed E-state index contributed by atoms with van der Waals surface area (Å²) in [5.74, 6) is 0.00561. The Labute approximate surface area is 148 Å². The molecule has 7 nitrogen and oxygen atoms in total. The van der Waals surface area contributed by atoms with Crippen molar-refractivity contribution in [3.63, 3.8) is 0 Å². The first kappa shape index (κ1) is 19.2. The van der Waals surface area contributed by atoms with E-state index in [0.717, 1.165) is 0 Å². The van der Waals surface area contributed by atoms with E-state index in [-0.39, 0.29) is 36.0 Å². The van der Waals surface area contributed by atoms with Gasteiger partial charge < -0.3 is 15.0 Å². The van der Waals surface area contributed by atoms with Gasteiger partial charge in [0.05, 0.1) is 17.6 Å². The SMILES string of the molecule is CC(=O)N(CC(=O)Nc1ccc(OC(C)C)cc1)C1CCS(=O)(=O)C1. The van der Waals surface area contributed by atoms with Gasteiger partial charge in [0.2, 0.25) is 11.8 Å². The summed E-state index contributed by atoms with van der Waals surface area (Å²) in [5, 5.41) is 2.71. The normalized spacial score (nSPS) is 18.8. The molecule has 1 aromatic rings. The van der Waals surface area contributed by atoms with E-state index in [1.807, 2.05) is 13.8 Å². The number of nitrogens with zero attached hydrogens (tertiary/aromatic N) is 1. The van der Waals surface area contributed by atoms with Gasteiger partial charge in [-0.15, -0.1) is 0 Å². The van der Waals surface area contributed by atoms with Gasteiger partial charge in [0, 0.05) is 18.7 Å². The summed E-state index contributed by atoms with van der Waals surface area (Å²) >= 11 is 0. The van der Waals surface area contributed by atoms with Crippen LogP contribution in [0.4, 0.5) is 5.69 Å². The molecule has 0 radical (unpaired) electrons. The minimum Gasteiger partial charge on any atom is -0.491 e. The molecule has 0 saturated carbocycles. The molecule has 8 heteroatoms. The minimum atomic E-state index is -3.12. The number of rotatable bonds is 6. The van der Waals surface area contributed by atoms with Crippen molar-refractivity contribution < 1.29 is 22.7 Å². The molecule has 1 heterocycles. The van der Waals surface area contributed by atoms with E-state index in [1.54, 1.807) is 24.3 Å². The number of ether oxygens (including phenoxy) is 1. The fourth-order valence-corrected chi connectivity index (χ4v) is 4.49. The Morgan fingerprint density at radius 2 is 1.92 bits per heavy atom. The third-order valence-corrected chi connectivity index (χ3v) is 5.63. The summed E-state index contributed by atoms with van der Waals surface area (Å²) in [6.45, 7) is 5.03. The monoisotopic (exact) mass is 368 g/mol. The van der Waals surface area contributed by atoms with Crippen LogP contribution in [0, 0.1) is 0 Å². The minimum absolute atomic E-state index is 0.0559. The molecular weight excluding hydrogens is 344 g/mol. The topological polar surface area (TPSA) is 92.8 Å². The molecule has 1 N–H and O–H groups in total. The maximum absolute atomic E-state index is 12.2. The van der Waals surface area contributed by atoms with Gasteiger partial charge in [0.25, 0.3) is 0 Å². The van der Waals surface area contributed by atoms with E-state index in [0.29, 0.717) is 17.9 Å². The number of nitrogens with one attached hydrogen (secondary N) is 1. The zero-order valence-corrected chi connectivity index (χ0v) is 15.5. The number of hydrogen-bond donors (Lipinski definition) is 1. The van der Waals surface area contributed by atoms with Crippen LogP contribution in [0.15, 0.2) is 24.3 Å². The number of anilines is 1. The fraction of sp³-hybridized carbons (Fsp3) is 0.529. The second-order valence-corrected chi connectivity index (χ2v) is 8.67. The molecule has 1 atom stereocenters. The van der Waals surface area contributed by atoms with Gasteiger partial charge in [0.1, 0.15) is 12.3 Å². The Morgan fingerprint density at radius 1 is 1.28 bits per heavy atom. The second-order valence-electron chi connectivity index (χ2n) is 6.44. The highest BCUT2D eigenvalue weighted by Crippen LogP contribution is 2.19. The molecule has 1 aliphatic rings. The van der Waals surface area contributed by atoms with Gasteiger partial charge >= 0.3 is 0 Å². The molecule has 1 fully saturated rings. The van der Waals surface area contributed by atoms with Crippen LogP contribution in [-0.4, -0.2) is 55.3 Å². The molecule has 1 aromatic carbocycles. The molecule has 1 aliphatic heterocycles. The lowest BCUT2D eigenvalue weighted by Gasteiger charge is -2.26. The molecule has 2 amide bonds. The van der Waals surface area contributed by atoms with Crippen molar-refractivity contribution in [3.05, 3.63) is 24.3 Å². The summed E-state index contributed by atoms with van der Waals surface area (Å²) in [6.07, 6.45) is 0.434. The molecule has 0 aromatic heterocycles. The fourth-order valence-electron chi connectivity index (χ4n) is 2.76. The lowest BCUT2D eigenvalue weighted by atomic mass is 10.2. The van der Waals surface area contributed by atoms with Crippen LogP contribution in [0.2, 0.25) is 0 Å². The number of amides is 2. The van der Waals surface area contributed by atoms with Crippen molar-refractivity contribution in [2.45, 2.75) is 39.3 Å². The lowest BCUT2D eigenvalue weighted by Crippen LogP contribution is -2.44. The Bertz CT molecular complexity index is 728. The van der Waals surface area contributed by atoms with Crippen molar-refractivity contribution in [1.82, 2.24) is 4.90 Å². The number of hydrogen-bond acceptors (Lipinski definition) is 5. The summed E-state index contributed by atoms with van der Waals surface area (Å²) in [4.78, 5) is 25.4. The Morgan fingerprint density at radius 3 is 2.40 bits per heavy atom. The number of sulfone groups is 1. The average Bonchev–Trinajstić information content (AvgIpc) is 2.86. The molecule has 0 aliphatic carbocycles. The maximum Gasteiger partial charge on any atom is 0.244 e. The third kappa shape index (κ3) is 5.74. The first-order valence-corrected chi connectivity index (χ1v) is 10.0. The van der Waals surface area contributed by atoms with Gasteiger partial charge in [-0.05, 0) is 44.5 Å². The highest BCUT2D eigenvalue weighted by atomic mass is 32.2. The van der Waals surface area contributed by atoms with Crippen molar-refractivity contribution in [2.24, 2.45) is 0 Å². The lowest BCUT2D eigenvalue weighted by molar-refractivity contribution is -0.134. The first-order valence-electron chi connectivity index (χ1n) is 8.20. The summed E-state index contributed by atoms with van der Waals surface area (Å²) in [5.41, 5.74) is 0.587. The van der Waals surface area contributed by atoms with E-state index in [4.69, 9.17) is 4.74 Å². The van der Waals surface area contributed by atoms with Gasteiger partial charge in [0.15, 0.2) is 9.84 Å².